The van der Waals surface area contributed by atoms with E-state index >= 15 is 0 Å². The molecule has 2 atom stereocenters. The first-order valence-corrected chi connectivity index (χ1v) is 13.6. The van der Waals surface area contributed by atoms with Crippen molar-refractivity contribution in [2.24, 2.45) is 0 Å². The van der Waals surface area contributed by atoms with Gasteiger partial charge in [0.2, 0.25) is 5.91 Å². The summed E-state index contributed by atoms with van der Waals surface area (Å²) in [5.74, 6) is -0.257. The zero-order chi connectivity index (χ0) is 23.1. The normalized spacial score (nSPS) is 17.6. The summed E-state index contributed by atoms with van der Waals surface area (Å²) in [5.41, 5.74) is 2.01. The Labute approximate surface area is 197 Å². The number of alkyl halides is 1. The molecule has 7 heteroatoms. The van der Waals surface area contributed by atoms with Crippen LogP contribution >= 0.6 is 11.6 Å². The van der Waals surface area contributed by atoms with Crippen LogP contribution in [0.1, 0.15) is 55.0 Å². The highest BCUT2D eigenvalue weighted by Gasteiger charge is 2.25. The number of rotatable bonds is 9. The highest BCUT2D eigenvalue weighted by atomic mass is 35.5. The molecule has 2 unspecified atom stereocenters. The van der Waals surface area contributed by atoms with Gasteiger partial charge in [0.1, 0.15) is 0 Å². The molecule has 2 aromatic carbocycles. The van der Waals surface area contributed by atoms with Crippen molar-refractivity contribution in [3.8, 4) is 0 Å². The third kappa shape index (κ3) is 6.80. The first-order valence-electron chi connectivity index (χ1n) is 11.3. The SMILES string of the molecule is CCC(C(=O)NC1CCN(CCC(Cl)c2ccccc2)CC1)c1ccc(S(C)(=O)=O)cc1. The molecule has 0 aliphatic carbocycles. The number of hydrogen-bond donors (Lipinski definition) is 1. The topological polar surface area (TPSA) is 66.5 Å². The lowest BCUT2D eigenvalue weighted by Gasteiger charge is -2.33. The summed E-state index contributed by atoms with van der Waals surface area (Å²) in [6.07, 6.45) is 4.61. The molecular weight excluding hydrogens is 444 g/mol. The molecule has 1 heterocycles. The number of carbonyl (C=O) groups is 1. The fraction of sp³-hybridized carbons (Fsp3) is 0.480. The Kier molecular flexibility index (Phi) is 8.74. The largest absolute Gasteiger partial charge is 0.353 e. The number of nitrogens with one attached hydrogen (secondary N) is 1. The van der Waals surface area contributed by atoms with Crippen molar-refractivity contribution in [2.75, 3.05) is 25.9 Å². The molecule has 5 nitrogen and oxygen atoms in total. The Hall–Kier alpha value is -1.89. The number of likely N-dealkylation sites (tertiary alicyclic amines) is 1. The predicted molar refractivity (Wildman–Crippen MR) is 130 cm³/mol. The molecule has 1 amide bonds. The third-order valence-corrected chi connectivity index (χ3v) is 7.83. The van der Waals surface area contributed by atoms with E-state index in [0.717, 1.165) is 50.0 Å². The van der Waals surface area contributed by atoms with Gasteiger partial charge in [0.05, 0.1) is 16.2 Å². The molecule has 1 fully saturated rings. The molecule has 0 radical (unpaired) electrons. The molecule has 1 saturated heterocycles. The highest BCUT2D eigenvalue weighted by molar-refractivity contribution is 7.90. The second-order valence-corrected chi connectivity index (χ2v) is 11.1. The molecule has 1 N–H and O–H groups in total. The van der Waals surface area contributed by atoms with Crippen LogP contribution in [0.4, 0.5) is 0 Å². The van der Waals surface area contributed by atoms with Crippen LogP contribution in [-0.2, 0) is 14.6 Å². The molecule has 0 bridgehead atoms. The molecular formula is C25H33ClN2O3S. The van der Waals surface area contributed by atoms with Crippen molar-refractivity contribution in [3.63, 3.8) is 0 Å². The lowest BCUT2D eigenvalue weighted by Crippen LogP contribution is -2.46. The number of benzene rings is 2. The third-order valence-electron chi connectivity index (χ3n) is 6.23. The van der Waals surface area contributed by atoms with Crippen LogP contribution < -0.4 is 5.32 Å². The van der Waals surface area contributed by atoms with Crippen LogP contribution in [0.25, 0.3) is 0 Å². The first kappa shape index (κ1) is 24.7. The van der Waals surface area contributed by atoms with Gasteiger partial charge in [0.25, 0.3) is 0 Å². The minimum atomic E-state index is -3.24. The number of carbonyl (C=O) groups excluding carboxylic acids is 1. The monoisotopic (exact) mass is 476 g/mol. The summed E-state index contributed by atoms with van der Waals surface area (Å²) in [6, 6.07) is 17.0. The predicted octanol–water partition coefficient (Wildman–Crippen LogP) is 4.53. The molecule has 0 spiro atoms. The number of amides is 1. The summed E-state index contributed by atoms with van der Waals surface area (Å²) in [5, 5.41) is 3.24. The molecule has 32 heavy (non-hydrogen) atoms. The average Bonchev–Trinajstić information content (AvgIpc) is 2.79. The van der Waals surface area contributed by atoms with E-state index in [0.29, 0.717) is 6.42 Å². The van der Waals surface area contributed by atoms with Gasteiger partial charge in [-0.25, -0.2) is 8.42 Å². The highest BCUT2D eigenvalue weighted by Crippen LogP contribution is 2.25. The molecule has 0 aromatic heterocycles. The number of hydrogen-bond acceptors (Lipinski definition) is 4. The molecule has 2 aromatic rings. The van der Waals surface area contributed by atoms with Gasteiger partial charge < -0.3 is 10.2 Å². The zero-order valence-corrected chi connectivity index (χ0v) is 20.4. The van der Waals surface area contributed by atoms with E-state index in [9.17, 15) is 13.2 Å². The second-order valence-electron chi connectivity index (χ2n) is 8.59. The summed E-state index contributed by atoms with van der Waals surface area (Å²) >= 11 is 6.55. The van der Waals surface area contributed by atoms with E-state index in [1.165, 1.54) is 6.26 Å². The zero-order valence-electron chi connectivity index (χ0n) is 18.8. The smallest absolute Gasteiger partial charge is 0.227 e. The van der Waals surface area contributed by atoms with E-state index < -0.39 is 9.84 Å². The van der Waals surface area contributed by atoms with Crippen LogP contribution in [-0.4, -0.2) is 51.2 Å². The van der Waals surface area contributed by atoms with Crippen LogP contribution in [0, 0.1) is 0 Å². The second kappa shape index (κ2) is 11.3. The number of nitrogens with zero attached hydrogens (tertiary/aromatic N) is 1. The molecule has 1 aliphatic heterocycles. The minimum Gasteiger partial charge on any atom is -0.353 e. The van der Waals surface area contributed by atoms with Gasteiger partial charge in [-0.3, -0.25) is 4.79 Å². The Morgan fingerprint density at radius 1 is 1.06 bits per heavy atom. The molecule has 174 valence electrons. The van der Waals surface area contributed by atoms with Crippen LogP contribution in [0.3, 0.4) is 0 Å². The number of sulfone groups is 1. The lowest BCUT2D eigenvalue weighted by molar-refractivity contribution is -0.123. The molecule has 0 saturated carbocycles. The summed E-state index contributed by atoms with van der Waals surface area (Å²) in [7, 11) is -3.24. The van der Waals surface area contributed by atoms with Crippen molar-refractivity contribution in [1.29, 1.82) is 0 Å². The van der Waals surface area contributed by atoms with Gasteiger partial charge in [-0.15, -0.1) is 11.6 Å². The molecule has 1 aliphatic rings. The van der Waals surface area contributed by atoms with Crippen molar-refractivity contribution in [1.82, 2.24) is 10.2 Å². The van der Waals surface area contributed by atoms with E-state index in [-0.39, 0.29) is 28.1 Å². The standard InChI is InChI=1S/C25H33ClN2O3S/c1-3-23(19-9-11-22(12-10-19)32(2,30)31)25(29)27-21-13-16-28(17-14-21)18-15-24(26)20-7-5-4-6-8-20/h4-12,21,23-24H,3,13-18H2,1-2H3,(H,27,29). The van der Waals surface area contributed by atoms with E-state index in [1.807, 2.05) is 25.1 Å². The minimum absolute atomic E-state index is 0.0166. The van der Waals surface area contributed by atoms with Gasteiger partial charge in [-0.05, 0) is 55.5 Å². The van der Waals surface area contributed by atoms with Gasteiger partial charge in [-0.1, -0.05) is 49.4 Å². The molecule has 3 rings (SSSR count). The van der Waals surface area contributed by atoms with Crippen LogP contribution in [0.5, 0.6) is 0 Å². The van der Waals surface area contributed by atoms with Gasteiger partial charge >= 0.3 is 0 Å². The van der Waals surface area contributed by atoms with Crippen LogP contribution in [0.15, 0.2) is 59.5 Å². The number of piperidine rings is 1. The van der Waals surface area contributed by atoms with Gasteiger partial charge in [0, 0.05) is 25.4 Å². The first-order chi connectivity index (χ1) is 15.3. The summed E-state index contributed by atoms with van der Waals surface area (Å²) in [6.45, 7) is 4.83. The Morgan fingerprint density at radius 2 is 1.69 bits per heavy atom. The quantitative estimate of drug-likeness (QED) is 0.540. The number of halogens is 1. The van der Waals surface area contributed by atoms with Crippen LogP contribution in [0.2, 0.25) is 0 Å². The van der Waals surface area contributed by atoms with Crippen molar-refractivity contribution in [3.05, 3.63) is 65.7 Å². The van der Waals surface area contributed by atoms with Crippen molar-refractivity contribution in [2.45, 2.75) is 54.8 Å². The maximum absolute atomic E-state index is 12.9. The Morgan fingerprint density at radius 3 is 2.25 bits per heavy atom. The fourth-order valence-corrected chi connectivity index (χ4v) is 5.12. The van der Waals surface area contributed by atoms with Gasteiger partial charge in [0.15, 0.2) is 9.84 Å². The van der Waals surface area contributed by atoms with Crippen molar-refractivity contribution >= 4 is 27.3 Å². The summed E-state index contributed by atoms with van der Waals surface area (Å²) < 4.78 is 23.3. The van der Waals surface area contributed by atoms with Crippen molar-refractivity contribution < 1.29 is 13.2 Å². The summed E-state index contributed by atoms with van der Waals surface area (Å²) in [4.78, 5) is 15.6. The Bertz CT molecular complexity index is 972. The van der Waals surface area contributed by atoms with Gasteiger partial charge in [-0.2, -0.15) is 0 Å². The Balaban J connectivity index is 1.47. The maximum atomic E-state index is 12.9. The van der Waals surface area contributed by atoms with E-state index in [2.05, 4.69) is 22.3 Å². The van der Waals surface area contributed by atoms with E-state index in [4.69, 9.17) is 11.6 Å². The average molecular weight is 477 g/mol. The van der Waals surface area contributed by atoms with E-state index in [1.54, 1.807) is 24.3 Å². The maximum Gasteiger partial charge on any atom is 0.227 e. The fourth-order valence-electron chi connectivity index (χ4n) is 4.25. The lowest BCUT2D eigenvalue weighted by atomic mass is 9.94.